The molecule has 0 aliphatic carbocycles. The van der Waals surface area contributed by atoms with Gasteiger partial charge in [0, 0.05) is 103 Å². The fraction of sp³-hybridized carbons (Fsp3) is 0.429. The number of nitrogens with one attached hydrogen (secondary N) is 5. The van der Waals surface area contributed by atoms with E-state index in [1.807, 2.05) is 25.1 Å². The summed E-state index contributed by atoms with van der Waals surface area (Å²) >= 11 is 3.53. The van der Waals surface area contributed by atoms with Crippen molar-refractivity contribution in [3.8, 4) is 5.75 Å². The SMILES string of the molecule is CCc1ccc2c(P(C)(C)=O)c(Nc3nc(Nc4cc(CC)c(N5CCC(NCCNC(=O)[C@@H]6CCN(c7cc(F)c([C@H]8CCC(=O)NC8=O)c(F)c7)C6)CC5)cc4OC)ncc3Br)cc(F)c2n1. The Labute approximate surface area is 407 Å². The smallest absolute Gasteiger partial charge is 0.234 e. The first kappa shape index (κ1) is 49.6. The van der Waals surface area contributed by atoms with Gasteiger partial charge in [-0.1, -0.05) is 19.9 Å². The van der Waals surface area contributed by atoms with Crippen molar-refractivity contribution in [2.24, 2.45) is 5.92 Å². The Morgan fingerprint density at radius 2 is 1.64 bits per heavy atom. The van der Waals surface area contributed by atoms with Gasteiger partial charge in [-0.05, 0) is 97.6 Å². The second kappa shape index (κ2) is 21.1. The number of halogens is 4. The molecule has 3 aromatic carbocycles. The fourth-order valence-corrected chi connectivity index (χ4v) is 11.3. The lowest BCUT2D eigenvalue weighted by Crippen LogP contribution is -2.45. The molecule has 0 bridgehead atoms. The summed E-state index contributed by atoms with van der Waals surface area (Å²) in [4.78, 5) is 54.8. The number of anilines is 6. The van der Waals surface area contributed by atoms with Gasteiger partial charge in [-0.15, -0.1) is 0 Å². The minimum absolute atomic E-state index is 0.0145. The minimum atomic E-state index is -2.94. The molecular weight excluding hydrogens is 976 g/mol. The molecule has 0 spiro atoms. The van der Waals surface area contributed by atoms with Crippen molar-refractivity contribution in [2.75, 3.05) is 80.1 Å². The number of imide groups is 1. The third-order valence-electron chi connectivity index (χ3n) is 13.2. The predicted octanol–water partition coefficient (Wildman–Crippen LogP) is 7.79. The van der Waals surface area contributed by atoms with Crippen LogP contribution in [0.1, 0.15) is 68.7 Å². The second-order valence-electron chi connectivity index (χ2n) is 18.1. The predicted molar refractivity (Wildman–Crippen MR) is 267 cm³/mol. The van der Waals surface area contributed by atoms with Crippen LogP contribution in [0.3, 0.4) is 0 Å². The van der Waals surface area contributed by atoms with E-state index in [4.69, 9.17) is 9.72 Å². The first-order chi connectivity index (χ1) is 33.0. The fourth-order valence-electron chi connectivity index (χ4n) is 9.57. The number of methoxy groups -OCH3 is 1. The molecule has 20 heteroatoms. The molecule has 8 rings (SSSR count). The lowest BCUT2D eigenvalue weighted by molar-refractivity contribution is -0.134. The molecule has 5 heterocycles. The first-order valence-electron chi connectivity index (χ1n) is 23.3. The Morgan fingerprint density at radius 3 is 2.32 bits per heavy atom. The average molecular weight is 1030 g/mol. The maximum Gasteiger partial charge on any atom is 0.234 e. The van der Waals surface area contributed by atoms with Gasteiger partial charge in [0.2, 0.25) is 23.7 Å². The van der Waals surface area contributed by atoms with E-state index in [9.17, 15) is 18.9 Å². The van der Waals surface area contributed by atoms with E-state index < -0.39 is 42.3 Å². The zero-order valence-corrected chi connectivity index (χ0v) is 41.8. The minimum Gasteiger partial charge on any atom is -0.494 e. The van der Waals surface area contributed by atoms with Crippen LogP contribution in [-0.2, 0) is 31.8 Å². The highest BCUT2D eigenvalue weighted by Gasteiger charge is 2.35. The molecule has 2 aromatic heterocycles. The quantitative estimate of drug-likeness (QED) is 0.0367. The number of nitrogens with zero attached hydrogens (tertiary/aromatic N) is 5. The summed E-state index contributed by atoms with van der Waals surface area (Å²) in [5, 5.41) is 16.3. The largest absolute Gasteiger partial charge is 0.494 e. The Bertz CT molecular complexity index is 2820. The van der Waals surface area contributed by atoms with E-state index in [-0.39, 0.29) is 47.7 Å². The highest BCUT2D eigenvalue weighted by Crippen LogP contribution is 2.43. The summed E-state index contributed by atoms with van der Waals surface area (Å²) in [5.41, 5.74) is 4.06. The van der Waals surface area contributed by atoms with Gasteiger partial charge >= 0.3 is 0 Å². The Balaban J connectivity index is 0.841. The standard InChI is InChI=1S/C49H57BrF3N10O5P/c1-6-27-20-38(59-49-56-25-34(50)46(61-49)58-39-23-37(53)44-33(45(39)69(4,5)67)9-8-29(7-2)57-44)41(68-3)24-40(27)62-18-13-30(14-19-62)54-15-16-55-47(65)28-12-17-63(26-28)31-21-35(51)43(36(52)22-31)32-10-11-42(64)60-48(32)66/h8-9,20-25,28,30,32,54H,6-7,10-19,26H2,1-5H3,(H,55,65)(H,60,64,66)(H2,56,58,59,61)/t28-,32-/m1/s1. The molecule has 5 aromatic rings. The number of pyridine rings is 1. The lowest BCUT2D eigenvalue weighted by atomic mass is 9.89. The van der Waals surface area contributed by atoms with Crippen LogP contribution < -0.4 is 46.4 Å². The van der Waals surface area contributed by atoms with Crippen molar-refractivity contribution in [1.82, 2.24) is 30.9 Å². The molecule has 0 radical (unpaired) electrons. The van der Waals surface area contributed by atoms with E-state index in [1.165, 1.54) is 18.2 Å². The summed E-state index contributed by atoms with van der Waals surface area (Å²) in [5.74, 6) is -3.70. The van der Waals surface area contributed by atoms with Crippen LogP contribution in [0.2, 0.25) is 0 Å². The van der Waals surface area contributed by atoms with Crippen molar-refractivity contribution in [3.63, 3.8) is 0 Å². The van der Waals surface area contributed by atoms with Crippen LogP contribution in [0, 0.1) is 23.4 Å². The number of carbonyl (C=O) groups excluding carboxylic acids is 3. The number of amides is 3. The Morgan fingerprint density at radius 1 is 0.899 bits per heavy atom. The van der Waals surface area contributed by atoms with E-state index in [1.54, 1.807) is 37.6 Å². The van der Waals surface area contributed by atoms with Gasteiger partial charge in [-0.2, -0.15) is 4.98 Å². The molecule has 0 unspecified atom stereocenters. The third kappa shape index (κ3) is 11.0. The van der Waals surface area contributed by atoms with Gasteiger partial charge in [-0.3, -0.25) is 19.7 Å². The molecule has 3 amide bonds. The summed E-state index contributed by atoms with van der Waals surface area (Å²) in [6.07, 6.45) is 5.35. The summed E-state index contributed by atoms with van der Waals surface area (Å²) < 4.78 is 66.1. The van der Waals surface area contributed by atoms with Crippen LogP contribution in [0.4, 0.5) is 47.7 Å². The van der Waals surface area contributed by atoms with E-state index in [0.717, 1.165) is 49.3 Å². The van der Waals surface area contributed by atoms with Crippen molar-refractivity contribution < 1.29 is 36.9 Å². The topological polar surface area (TPSA) is 183 Å². The van der Waals surface area contributed by atoms with Crippen LogP contribution in [0.5, 0.6) is 5.75 Å². The normalized spacial score (nSPS) is 17.9. The van der Waals surface area contributed by atoms with Gasteiger partial charge in [0.25, 0.3) is 0 Å². The van der Waals surface area contributed by atoms with Crippen molar-refractivity contribution >= 4 is 91.5 Å². The number of ether oxygens (including phenoxy) is 1. The maximum atomic E-state index is 15.6. The molecule has 15 nitrogen and oxygen atoms in total. The monoisotopic (exact) mass is 1030 g/mol. The molecule has 0 saturated carbocycles. The van der Waals surface area contributed by atoms with E-state index >= 15 is 13.2 Å². The Kier molecular flexibility index (Phi) is 15.2. The molecule has 366 valence electrons. The summed E-state index contributed by atoms with van der Waals surface area (Å²) in [6.45, 7) is 10.7. The van der Waals surface area contributed by atoms with Gasteiger partial charge < -0.3 is 40.4 Å². The number of hydrogen-bond donors (Lipinski definition) is 5. The number of rotatable bonds is 16. The zero-order chi connectivity index (χ0) is 49.1. The number of aromatic nitrogens is 3. The second-order valence-corrected chi connectivity index (χ2v) is 22.1. The highest BCUT2D eigenvalue weighted by molar-refractivity contribution is 9.10. The third-order valence-corrected chi connectivity index (χ3v) is 15.3. The molecule has 3 saturated heterocycles. The van der Waals surface area contributed by atoms with Gasteiger partial charge in [0.05, 0.1) is 34.8 Å². The number of piperidine rings is 2. The molecule has 2 atom stereocenters. The number of fused-ring (bicyclic) bond motifs is 1. The van der Waals surface area contributed by atoms with Crippen molar-refractivity contribution in [2.45, 2.75) is 70.8 Å². The van der Waals surface area contributed by atoms with Crippen LogP contribution in [0.25, 0.3) is 10.9 Å². The van der Waals surface area contributed by atoms with Crippen molar-refractivity contribution in [3.05, 3.63) is 87.4 Å². The van der Waals surface area contributed by atoms with Gasteiger partial charge in [0.1, 0.15) is 35.9 Å². The Hall–Kier alpha value is -5.78. The number of aryl methyl sites for hydroxylation is 2. The number of carbonyl (C=O) groups is 3. The molecule has 3 aliphatic rings. The average Bonchev–Trinajstić information content (AvgIpc) is 3.82. The van der Waals surface area contributed by atoms with Crippen molar-refractivity contribution in [1.29, 1.82) is 0 Å². The maximum absolute atomic E-state index is 15.6. The summed E-state index contributed by atoms with van der Waals surface area (Å²) in [7, 11) is -1.33. The van der Waals surface area contributed by atoms with Crippen LogP contribution >= 0.6 is 23.1 Å². The van der Waals surface area contributed by atoms with Crippen LogP contribution in [0.15, 0.2) is 53.1 Å². The number of benzene rings is 3. The molecule has 3 aliphatic heterocycles. The molecule has 69 heavy (non-hydrogen) atoms. The molecular formula is C49H57BrF3N10O5P. The number of hydrogen-bond acceptors (Lipinski definition) is 13. The molecule has 5 N–H and O–H groups in total. The highest BCUT2D eigenvalue weighted by atomic mass is 79.9. The van der Waals surface area contributed by atoms with E-state index in [0.29, 0.717) is 82.8 Å². The zero-order valence-electron chi connectivity index (χ0n) is 39.3. The van der Waals surface area contributed by atoms with Gasteiger partial charge in [0.15, 0.2) is 5.82 Å². The van der Waals surface area contributed by atoms with Crippen LogP contribution in [-0.4, -0.2) is 98.4 Å². The van der Waals surface area contributed by atoms with E-state index in [2.05, 4.69) is 64.3 Å². The first-order valence-corrected chi connectivity index (χ1v) is 26.7. The molecule has 3 fully saturated rings. The van der Waals surface area contributed by atoms with Gasteiger partial charge in [-0.25, -0.2) is 23.1 Å². The summed E-state index contributed by atoms with van der Waals surface area (Å²) in [6, 6.07) is 11.7. The lowest BCUT2D eigenvalue weighted by Gasteiger charge is -2.35.